The van der Waals surface area contributed by atoms with Gasteiger partial charge in [0.25, 0.3) is 0 Å². The molecule has 0 aliphatic heterocycles. The monoisotopic (exact) mass is 151 g/mol. The summed E-state index contributed by atoms with van der Waals surface area (Å²) < 4.78 is 0. The van der Waals surface area contributed by atoms with Gasteiger partial charge in [-0.25, -0.2) is 0 Å². The van der Waals surface area contributed by atoms with Gasteiger partial charge in [0, 0.05) is 0 Å². The molecule has 0 fully saturated rings. The Balaban J connectivity index is -0.00000000900. The molecule has 7 heavy (non-hydrogen) atoms. The second-order valence-corrected chi connectivity index (χ2v) is 0. The summed E-state index contributed by atoms with van der Waals surface area (Å²) in [7, 11) is 2.25. The third kappa shape index (κ3) is 874. The van der Waals surface area contributed by atoms with E-state index in [-0.39, 0.29) is 16.5 Å². The Morgan fingerprint density at radius 2 is 0.571 bits per heavy atom. The first-order valence-electron chi connectivity index (χ1n) is 1.22. The maximum absolute atomic E-state index is 8.25. The van der Waals surface area contributed by atoms with E-state index in [2.05, 4.69) is 0 Å². The van der Waals surface area contributed by atoms with Crippen molar-refractivity contribution in [1.29, 1.82) is 0 Å². The quantitative estimate of drug-likeness (QED) is 0.345. The second-order valence-electron chi connectivity index (χ2n) is 0. The molecule has 3 nitrogen and oxygen atoms in total. The number of hydrogen-bond donors (Lipinski definition) is 0. The fourth-order valence-corrected chi connectivity index (χ4v) is 0. The molecule has 0 saturated heterocycles. The largest absolute Gasteiger partial charge is 3.00 e. The third-order valence-corrected chi connectivity index (χ3v) is 0. The summed E-state index contributed by atoms with van der Waals surface area (Å²) in [6.45, 7) is 0. The van der Waals surface area contributed by atoms with Crippen LogP contribution in [0.5, 0.6) is 0 Å². The van der Waals surface area contributed by atoms with E-state index in [4.69, 9.17) is 15.3 Å². The van der Waals surface area contributed by atoms with E-state index in [1.807, 2.05) is 0 Å². The molecule has 0 heterocycles. The van der Waals surface area contributed by atoms with Crippen LogP contribution in [-0.4, -0.2) is 21.3 Å². The molecule has 1 radical (unpaired) electrons. The van der Waals surface area contributed by atoms with Crippen LogP contribution in [0.15, 0.2) is 0 Å². The summed E-state index contributed by atoms with van der Waals surface area (Å²) in [5.41, 5.74) is 0. The Labute approximate surface area is 53.9 Å². The molecule has 0 aromatic rings. The van der Waals surface area contributed by atoms with Crippen LogP contribution in [0.3, 0.4) is 0 Å². The Kier molecular flexibility index (Phi) is 4960. The molecule has 0 saturated carbocycles. The van der Waals surface area contributed by atoms with Gasteiger partial charge >= 0.3 is 16.5 Å². The molecule has 0 aromatic heterocycles. The molecule has 0 bridgehead atoms. The van der Waals surface area contributed by atoms with Crippen molar-refractivity contribution < 1.29 is 31.8 Å². The van der Waals surface area contributed by atoms with Crippen molar-refractivity contribution in [1.82, 2.24) is 0 Å². The summed E-state index contributed by atoms with van der Waals surface area (Å²) in [6, 6.07) is 0. The summed E-state index contributed by atoms with van der Waals surface area (Å²) in [4.78, 5) is 0. The summed E-state index contributed by atoms with van der Waals surface area (Å²) >= 11 is 0. The summed E-state index contributed by atoms with van der Waals surface area (Å²) in [5, 5.41) is 24.8. The van der Waals surface area contributed by atoms with Gasteiger partial charge in [-0.1, -0.05) is 0 Å². The van der Waals surface area contributed by atoms with Crippen molar-refractivity contribution >= 4 is 0 Å². The molecular formula is C3H9NiO3. The van der Waals surface area contributed by atoms with Crippen molar-refractivity contribution in [3.63, 3.8) is 0 Å². The molecular weight excluding hydrogens is 143 g/mol. The zero-order valence-electron chi connectivity index (χ0n) is 4.54. The minimum absolute atomic E-state index is 0. The van der Waals surface area contributed by atoms with E-state index in [9.17, 15) is 0 Å². The van der Waals surface area contributed by atoms with Crippen molar-refractivity contribution in [2.45, 2.75) is 0 Å². The molecule has 49 valence electrons. The van der Waals surface area contributed by atoms with Crippen LogP contribution in [-0.2, 0) is 16.5 Å². The smallest absolute Gasteiger partial charge is 0.857 e. The van der Waals surface area contributed by atoms with Gasteiger partial charge in [0.1, 0.15) is 0 Å². The fourth-order valence-electron chi connectivity index (χ4n) is 0. The van der Waals surface area contributed by atoms with Gasteiger partial charge < -0.3 is 15.3 Å². The molecule has 0 aliphatic carbocycles. The van der Waals surface area contributed by atoms with E-state index in [1.54, 1.807) is 0 Å². The van der Waals surface area contributed by atoms with Crippen LogP contribution in [0.1, 0.15) is 0 Å². The van der Waals surface area contributed by atoms with Crippen LogP contribution < -0.4 is 15.3 Å². The molecule has 0 N–H and O–H groups in total. The zero-order valence-corrected chi connectivity index (χ0v) is 5.53. The third-order valence-electron chi connectivity index (χ3n) is 0. The molecule has 0 unspecified atom stereocenters. The summed E-state index contributed by atoms with van der Waals surface area (Å²) in [6.07, 6.45) is 0. The van der Waals surface area contributed by atoms with E-state index in [1.165, 1.54) is 0 Å². The van der Waals surface area contributed by atoms with Gasteiger partial charge in [-0.2, -0.15) is 21.3 Å². The van der Waals surface area contributed by atoms with E-state index in [0.717, 1.165) is 21.3 Å². The van der Waals surface area contributed by atoms with Crippen molar-refractivity contribution in [2.24, 2.45) is 0 Å². The van der Waals surface area contributed by atoms with Crippen LogP contribution in [0.25, 0.3) is 0 Å². The Hall–Kier alpha value is 0.374. The predicted octanol–water partition coefficient (Wildman–Crippen LogP) is -3.07. The Bertz CT molecular complexity index is 10.1. The molecule has 4 heteroatoms. The van der Waals surface area contributed by atoms with Gasteiger partial charge in [0.2, 0.25) is 0 Å². The van der Waals surface area contributed by atoms with E-state index < -0.39 is 0 Å². The van der Waals surface area contributed by atoms with E-state index in [0.29, 0.717) is 0 Å². The van der Waals surface area contributed by atoms with Gasteiger partial charge in [-0.15, -0.1) is 0 Å². The number of hydrogen-bond acceptors (Lipinski definition) is 3. The van der Waals surface area contributed by atoms with E-state index >= 15 is 0 Å². The topological polar surface area (TPSA) is 69.2 Å². The van der Waals surface area contributed by atoms with Gasteiger partial charge in [0.15, 0.2) is 0 Å². The Morgan fingerprint density at radius 1 is 0.571 bits per heavy atom. The molecule has 0 amide bonds. The fraction of sp³-hybridized carbons (Fsp3) is 1.00. The average Bonchev–Trinajstić information content (AvgIpc) is 1.81. The molecule has 0 aliphatic rings. The van der Waals surface area contributed by atoms with Gasteiger partial charge in [0.05, 0.1) is 0 Å². The average molecular weight is 152 g/mol. The maximum atomic E-state index is 8.25. The van der Waals surface area contributed by atoms with Crippen LogP contribution in [0, 0.1) is 0 Å². The zero-order chi connectivity index (χ0) is 6.00. The van der Waals surface area contributed by atoms with Crippen molar-refractivity contribution in [3.05, 3.63) is 0 Å². The first-order valence-corrected chi connectivity index (χ1v) is 1.22. The SMILES string of the molecule is C[O-].C[O-].C[O-].[Ni+3]. The minimum Gasteiger partial charge on any atom is -0.857 e. The number of rotatable bonds is 0. The first-order chi connectivity index (χ1) is 3.00. The Morgan fingerprint density at radius 3 is 0.571 bits per heavy atom. The standard InChI is InChI=1S/3CH3O.Ni/c3*1-2;/h3*1H3;/q3*-1;+3. The van der Waals surface area contributed by atoms with Crippen LogP contribution in [0.4, 0.5) is 0 Å². The minimum atomic E-state index is 0. The van der Waals surface area contributed by atoms with Crippen LogP contribution >= 0.6 is 0 Å². The van der Waals surface area contributed by atoms with Gasteiger partial charge in [-0.3, -0.25) is 0 Å². The molecule has 0 atom stereocenters. The van der Waals surface area contributed by atoms with Crippen molar-refractivity contribution in [2.75, 3.05) is 21.3 Å². The first kappa shape index (κ1) is 26.3. The van der Waals surface area contributed by atoms with Crippen LogP contribution in [0.2, 0.25) is 0 Å². The molecule has 0 rings (SSSR count). The van der Waals surface area contributed by atoms with Gasteiger partial charge in [-0.05, 0) is 0 Å². The predicted molar refractivity (Wildman–Crippen MR) is 17.8 cm³/mol. The normalized spacial score (nSPS) is 2.57. The van der Waals surface area contributed by atoms with Crippen molar-refractivity contribution in [3.8, 4) is 0 Å². The summed E-state index contributed by atoms with van der Waals surface area (Å²) in [5.74, 6) is 0. The molecule has 0 spiro atoms. The second kappa shape index (κ2) is 1320. The molecule has 0 aromatic carbocycles. The maximum Gasteiger partial charge on any atom is 3.00 e.